The summed E-state index contributed by atoms with van der Waals surface area (Å²) < 4.78 is 14.2. The fraction of sp³-hybridized carbons (Fsp3) is 0.250. The average Bonchev–Trinajstić information content (AvgIpc) is 2.28. The van der Waals surface area contributed by atoms with Crippen LogP contribution in [-0.4, -0.2) is 0 Å². The molecule has 16 heavy (non-hydrogen) atoms. The van der Waals surface area contributed by atoms with E-state index in [-0.39, 0.29) is 10.6 Å². The van der Waals surface area contributed by atoms with Crippen LogP contribution in [-0.2, 0) is 0 Å². The first kappa shape index (κ1) is 13.2. The van der Waals surface area contributed by atoms with Crippen LogP contribution < -0.4 is 0 Å². The van der Waals surface area contributed by atoms with Crippen molar-refractivity contribution in [2.75, 3.05) is 0 Å². The Morgan fingerprint density at radius 1 is 1.56 bits per heavy atom. The Morgan fingerprint density at radius 2 is 2.25 bits per heavy atom. The summed E-state index contributed by atoms with van der Waals surface area (Å²) in [7, 11) is 0. The van der Waals surface area contributed by atoms with Crippen LogP contribution in [0.3, 0.4) is 0 Å². The number of hydrogen-bond acceptors (Lipinski definition) is 1. The summed E-state index contributed by atoms with van der Waals surface area (Å²) in [6, 6.07) is 6.50. The van der Waals surface area contributed by atoms with Crippen molar-refractivity contribution < 1.29 is 4.39 Å². The number of benzene rings is 1. The second-order valence-electron chi connectivity index (χ2n) is 3.28. The molecule has 1 nitrogen and oxygen atoms in total. The van der Waals surface area contributed by atoms with E-state index in [1.165, 1.54) is 6.07 Å². The maximum absolute atomic E-state index is 13.5. The molecule has 1 aromatic rings. The van der Waals surface area contributed by atoms with Crippen LogP contribution in [0.4, 0.5) is 4.39 Å². The summed E-state index contributed by atoms with van der Waals surface area (Å²) in [5.41, 5.74) is 0.683. The molecule has 84 valence electrons. The molecule has 0 aliphatic carbocycles. The van der Waals surface area contributed by atoms with Crippen LogP contribution in [0.25, 0.3) is 5.03 Å². The SMILES string of the molecule is CCCC(C#N)=C(Cl)c1cc(Br)ccc1F. The lowest BCUT2D eigenvalue weighted by Crippen LogP contribution is -1.90. The first-order chi connectivity index (χ1) is 7.60. The molecule has 1 aromatic carbocycles. The van der Waals surface area contributed by atoms with Crippen molar-refractivity contribution in [3.05, 3.63) is 39.6 Å². The normalized spacial score (nSPS) is 11.9. The summed E-state index contributed by atoms with van der Waals surface area (Å²) in [4.78, 5) is 0. The molecule has 4 heteroatoms. The van der Waals surface area contributed by atoms with Crippen molar-refractivity contribution in [3.63, 3.8) is 0 Å². The van der Waals surface area contributed by atoms with E-state index in [4.69, 9.17) is 16.9 Å². The minimum Gasteiger partial charge on any atom is -0.206 e. The van der Waals surface area contributed by atoms with Gasteiger partial charge in [-0.05, 0) is 24.6 Å². The van der Waals surface area contributed by atoms with Crippen LogP contribution in [0, 0.1) is 17.1 Å². The molecule has 0 bridgehead atoms. The van der Waals surface area contributed by atoms with Gasteiger partial charge in [0, 0.05) is 15.6 Å². The highest BCUT2D eigenvalue weighted by Crippen LogP contribution is 2.29. The van der Waals surface area contributed by atoms with Gasteiger partial charge in [0.1, 0.15) is 5.82 Å². The van der Waals surface area contributed by atoms with Crippen molar-refractivity contribution in [1.29, 1.82) is 5.26 Å². The minimum absolute atomic E-state index is 0.197. The zero-order valence-corrected chi connectivity index (χ0v) is 11.1. The first-order valence-electron chi connectivity index (χ1n) is 4.84. The highest BCUT2D eigenvalue weighted by atomic mass is 79.9. The maximum Gasteiger partial charge on any atom is 0.132 e. The summed E-state index contributed by atoms with van der Waals surface area (Å²) >= 11 is 9.27. The van der Waals surface area contributed by atoms with Crippen molar-refractivity contribution >= 4 is 32.6 Å². The van der Waals surface area contributed by atoms with Gasteiger partial charge in [-0.2, -0.15) is 5.26 Å². The molecule has 0 saturated heterocycles. The van der Waals surface area contributed by atoms with Crippen LogP contribution in [0.15, 0.2) is 28.2 Å². The monoisotopic (exact) mass is 301 g/mol. The van der Waals surface area contributed by atoms with Crippen LogP contribution in [0.5, 0.6) is 0 Å². The zero-order chi connectivity index (χ0) is 12.1. The molecule has 0 fully saturated rings. The van der Waals surface area contributed by atoms with Crippen molar-refractivity contribution in [2.24, 2.45) is 0 Å². The van der Waals surface area contributed by atoms with E-state index in [0.29, 0.717) is 12.0 Å². The van der Waals surface area contributed by atoms with E-state index >= 15 is 0 Å². The highest BCUT2D eigenvalue weighted by molar-refractivity contribution is 9.10. The Bertz CT molecular complexity index is 463. The fourth-order valence-electron chi connectivity index (χ4n) is 1.29. The third-order valence-electron chi connectivity index (χ3n) is 2.06. The van der Waals surface area contributed by atoms with E-state index in [0.717, 1.165) is 10.9 Å². The summed E-state index contributed by atoms with van der Waals surface area (Å²) in [6.45, 7) is 1.94. The predicted octanol–water partition coefficient (Wildman–Crippen LogP) is 4.86. The Labute approximate surface area is 108 Å². The standard InChI is InChI=1S/C12H10BrClFN/c1-2-3-8(7-16)12(14)10-6-9(13)4-5-11(10)15/h4-6H,2-3H2,1H3. The third-order valence-corrected chi connectivity index (χ3v) is 2.99. The smallest absolute Gasteiger partial charge is 0.132 e. The van der Waals surface area contributed by atoms with Crippen LogP contribution >= 0.6 is 27.5 Å². The summed E-state index contributed by atoms with van der Waals surface area (Å²) in [5, 5.41) is 9.12. The molecule has 0 heterocycles. The van der Waals surface area contributed by atoms with Crippen LogP contribution in [0.1, 0.15) is 25.3 Å². The third kappa shape index (κ3) is 3.07. The van der Waals surface area contributed by atoms with Gasteiger partial charge in [0.05, 0.1) is 11.1 Å². The van der Waals surface area contributed by atoms with Gasteiger partial charge in [-0.1, -0.05) is 40.9 Å². The van der Waals surface area contributed by atoms with Crippen molar-refractivity contribution in [1.82, 2.24) is 0 Å². The minimum atomic E-state index is -0.419. The molecule has 0 aromatic heterocycles. The second kappa shape index (κ2) is 6.03. The highest BCUT2D eigenvalue weighted by Gasteiger charge is 2.11. The molecule has 0 aliphatic heterocycles. The van der Waals surface area contributed by atoms with E-state index in [1.54, 1.807) is 12.1 Å². The quantitative estimate of drug-likeness (QED) is 0.731. The number of rotatable bonds is 3. The molecular formula is C12H10BrClFN. The molecule has 1 rings (SSSR count). The van der Waals surface area contributed by atoms with Gasteiger partial charge >= 0.3 is 0 Å². The average molecular weight is 303 g/mol. The van der Waals surface area contributed by atoms with Crippen molar-refractivity contribution in [3.8, 4) is 6.07 Å². The number of nitriles is 1. The molecular weight excluding hydrogens is 292 g/mol. The lowest BCUT2D eigenvalue weighted by atomic mass is 10.1. The molecule has 0 N–H and O–H groups in total. The van der Waals surface area contributed by atoms with Crippen molar-refractivity contribution in [2.45, 2.75) is 19.8 Å². The Hall–Kier alpha value is -0.850. The first-order valence-corrected chi connectivity index (χ1v) is 6.01. The lowest BCUT2D eigenvalue weighted by Gasteiger charge is -2.05. The van der Waals surface area contributed by atoms with Gasteiger partial charge in [0.25, 0.3) is 0 Å². The Balaban J connectivity index is 3.27. The van der Waals surface area contributed by atoms with E-state index in [1.807, 2.05) is 13.0 Å². The number of nitrogens with zero attached hydrogens (tertiary/aromatic N) is 1. The molecule has 0 unspecified atom stereocenters. The van der Waals surface area contributed by atoms with Crippen LogP contribution in [0.2, 0.25) is 0 Å². The Morgan fingerprint density at radius 3 is 2.81 bits per heavy atom. The van der Waals surface area contributed by atoms with Gasteiger partial charge < -0.3 is 0 Å². The topological polar surface area (TPSA) is 23.8 Å². The van der Waals surface area contributed by atoms with Gasteiger partial charge in [0.2, 0.25) is 0 Å². The maximum atomic E-state index is 13.5. The molecule has 0 amide bonds. The molecule has 0 aliphatic rings. The molecule has 0 spiro atoms. The van der Waals surface area contributed by atoms with Gasteiger partial charge in [0.15, 0.2) is 0 Å². The number of halogens is 3. The molecule has 0 radical (unpaired) electrons. The van der Waals surface area contributed by atoms with E-state index in [9.17, 15) is 4.39 Å². The van der Waals surface area contributed by atoms with Gasteiger partial charge in [-0.25, -0.2) is 4.39 Å². The molecule has 0 saturated carbocycles. The summed E-state index contributed by atoms with van der Waals surface area (Å²) in [5.74, 6) is -0.419. The zero-order valence-electron chi connectivity index (χ0n) is 8.73. The second-order valence-corrected chi connectivity index (χ2v) is 4.57. The number of hydrogen-bond donors (Lipinski definition) is 0. The van der Waals surface area contributed by atoms with Gasteiger partial charge in [-0.15, -0.1) is 0 Å². The lowest BCUT2D eigenvalue weighted by molar-refractivity contribution is 0.624. The Kier molecular flexibility index (Phi) is 4.98. The predicted molar refractivity (Wildman–Crippen MR) is 67.4 cm³/mol. The number of allylic oxidation sites excluding steroid dienone is 1. The molecule has 0 atom stereocenters. The van der Waals surface area contributed by atoms with E-state index < -0.39 is 5.82 Å². The largest absolute Gasteiger partial charge is 0.206 e. The fourth-order valence-corrected chi connectivity index (χ4v) is 1.94. The van der Waals surface area contributed by atoms with E-state index in [2.05, 4.69) is 15.9 Å². The summed E-state index contributed by atoms with van der Waals surface area (Å²) in [6.07, 6.45) is 1.36. The van der Waals surface area contributed by atoms with Gasteiger partial charge in [-0.3, -0.25) is 0 Å².